The molecule has 4 nitrogen and oxygen atoms in total. The minimum absolute atomic E-state index is 0.749. The lowest BCUT2D eigenvalue weighted by Gasteiger charge is -2.30. The van der Waals surface area contributed by atoms with Crippen LogP contribution in [-0.4, -0.2) is 44.4 Å². The van der Waals surface area contributed by atoms with E-state index < -0.39 is 0 Å². The monoisotopic (exact) mass is 237 g/mol. The number of ether oxygens (including phenoxy) is 1. The Balaban J connectivity index is 2.83. The number of allylic oxidation sites excluding steroid dienone is 1. The molecule has 0 unspecified atom stereocenters. The maximum Gasteiger partial charge on any atom is 0.171 e. The molecule has 0 amide bonds. The number of aliphatic imine (C=N–C) groups is 1. The molecular weight excluding hydrogens is 214 g/mol. The Kier molecular flexibility index (Phi) is 6.40. The number of nitrogens with one attached hydrogen (secondary N) is 1. The highest BCUT2D eigenvalue weighted by atomic mass is 16.5. The van der Waals surface area contributed by atoms with Crippen molar-refractivity contribution in [3.8, 4) is 0 Å². The highest BCUT2D eigenvalue weighted by molar-refractivity contribution is 5.59. The summed E-state index contributed by atoms with van der Waals surface area (Å²) in [5.74, 6) is 1.65. The van der Waals surface area contributed by atoms with Crippen molar-refractivity contribution in [1.82, 2.24) is 10.2 Å². The van der Waals surface area contributed by atoms with Crippen LogP contribution in [0.2, 0.25) is 0 Å². The molecule has 0 radical (unpaired) electrons. The zero-order valence-electron chi connectivity index (χ0n) is 10.9. The lowest BCUT2D eigenvalue weighted by Crippen LogP contribution is -2.43. The molecule has 0 aromatic heterocycles. The van der Waals surface area contributed by atoms with E-state index in [1.165, 1.54) is 0 Å². The van der Waals surface area contributed by atoms with Crippen LogP contribution in [0.25, 0.3) is 0 Å². The van der Waals surface area contributed by atoms with E-state index in [1.54, 1.807) is 13.2 Å². The van der Waals surface area contributed by atoms with E-state index in [9.17, 15) is 0 Å². The predicted octanol–water partition coefficient (Wildman–Crippen LogP) is 1.76. The molecule has 1 saturated heterocycles. The summed E-state index contributed by atoms with van der Waals surface area (Å²) in [6.45, 7) is 9.81. The van der Waals surface area contributed by atoms with Crippen LogP contribution in [0.1, 0.15) is 19.8 Å². The molecule has 1 N–H and O–H groups in total. The molecule has 96 valence electrons. The van der Waals surface area contributed by atoms with E-state index >= 15 is 0 Å². The number of hydrogen-bond donors (Lipinski definition) is 1. The Morgan fingerprint density at radius 1 is 1.47 bits per heavy atom. The molecule has 1 heterocycles. The average Bonchev–Trinajstić information content (AvgIpc) is 2.39. The highest BCUT2D eigenvalue weighted by Gasteiger charge is 2.15. The molecule has 17 heavy (non-hydrogen) atoms. The topological polar surface area (TPSA) is 36.9 Å². The number of nitrogens with zero attached hydrogens (tertiary/aromatic N) is 2. The number of rotatable bonds is 6. The molecule has 0 aromatic rings. The molecule has 1 aliphatic rings. The number of methoxy groups -OCH3 is 1. The first kappa shape index (κ1) is 13.8. The first-order valence-corrected chi connectivity index (χ1v) is 6.22. The second kappa shape index (κ2) is 7.90. The fourth-order valence-electron chi connectivity index (χ4n) is 1.72. The van der Waals surface area contributed by atoms with Crippen LogP contribution in [0.3, 0.4) is 0 Å². The first-order valence-electron chi connectivity index (χ1n) is 6.22. The van der Waals surface area contributed by atoms with Crippen LogP contribution in [0, 0.1) is 0 Å². The quantitative estimate of drug-likeness (QED) is 0.434. The number of piperazine rings is 1. The molecule has 4 heteroatoms. The van der Waals surface area contributed by atoms with Crippen LogP contribution >= 0.6 is 0 Å². The van der Waals surface area contributed by atoms with Crippen molar-refractivity contribution in [3.05, 3.63) is 24.2 Å². The van der Waals surface area contributed by atoms with Gasteiger partial charge in [-0.3, -0.25) is 0 Å². The zero-order chi connectivity index (χ0) is 12.5. The summed E-state index contributed by atoms with van der Waals surface area (Å²) >= 11 is 0. The molecule has 0 atom stereocenters. The highest BCUT2D eigenvalue weighted by Crippen LogP contribution is 2.14. The normalized spacial score (nSPS) is 18.1. The summed E-state index contributed by atoms with van der Waals surface area (Å²) in [6, 6.07) is 0. The van der Waals surface area contributed by atoms with Crippen molar-refractivity contribution in [2.45, 2.75) is 19.8 Å². The van der Waals surface area contributed by atoms with Gasteiger partial charge in [-0.2, -0.15) is 0 Å². The van der Waals surface area contributed by atoms with Gasteiger partial charge in [-0.1, -0.05) is 19.9 Å². The summed E-state index contributed by atoms with van der Waals surface area (Å²) < 4.78 is 5.33. The summed E-state index contributed by atoms with van der Waals surface area (Å²) in [7, 11) is 1.66. The predicted molar refractivity (Wildman–Crippen MR) is 72.1 cm³/mol. The van der Waals surface area contributed by atoms with Gasteiger partial charge in [0.2, 0.25) is 0 Å². The van der Waals surface area contributed by atoms with Crippen molar-refractivity contribution >= 4 is 6.21 Å². The minimum Gasteiger partial charge on any atom is -0.493 e. The second-order valence-electron chi connectivity index (χ2n) is 3.93. The summed E-state index contributed by atoms with van der Waals surface area (Å²) in [6.07, 6.45) is 5.78. The third-order valence-electron chi connectivity index (χ3n) is 2.67. The van der Waals surface area contributed by atoms with Gasteiger partial charge in [-0.15, -0.1) is 0 Å². The van der Waals surface area contributed by atoms with Gasteiger partial charge >= 0.3 is 0 Å². The Morgan fingerprint density at radius 2 is 2.18 bits per heavy atom. The van der Waals surface area contributed by atoms with E-state index in [0.717, 1.165) is 50.6 Å². The maximum absolute atomic E-state index is 5.33. The van der Waals surface area contributed by atoms with Crippen LogP contribution in [0.15, 0.2) is 29.2 Å². The van der Waals surface area contributed by atoms with Crippen molar-refractivity contribution < 1.29 is 4.74 Å². The van der Waals surface area contributed by atoms with Gasteiger partial charge in [0.05, 0.1) is 7.11 Å². The van der Waals surface area contributed by atoms with Crippen molar-refractivity contribution in [1.29, 1.82) is 0 Å². The molecule has 1 aliphatic heterocycles. The molecule has 0 aromatic carbocycles. The smallest absolute Gasteiger partial charge is 0.171 e. The Morgan fingerprint density at radius 3 is 2.71 bits per heavy atom. The lowest BCUT2D eigenvalue weighted by molar-refractivity contribution is 0.249. The van der Waals surface area contributed by atoms with Gasteiger partial charge in [0.25, 0.3) is 0 Å². The van der Waals surface area contributed by atoms with Crippen LogP contribution < -0.4 is 5.32 Å². The Bertz CT molecular complexity index is 291. The van der Waals surface area contributed by atoms with Crippen LogP contribution in [0.5, 0.6) is 0 Å². The molecular formula is C13H23N3O. The molecule has 0 aliphatic carbocycles. The van der Waals surface area contributed by atoms with Gasteiger partial charge in [0.15, 0.2) is 11.6 Å². The largest absolute Gasteiger partial charge is 0.493 e. The Hall–Kier alpha value is -1.29. The van der Waals surface area contributed by atoms with E-state index in [1.807, 2.05) is 6.21 Å². The Labute approximate surface area is 104 Å². The molecule has 0 saturated carbocycles. The average molecular weight is 237 g/mol. The third kappa shape index (κ3) is 4.23. The standard InChI is InChI=1S/C13H23N3O/c1-4-6-7-15-13(12(5-2)17-3)16-10-8-14-9-11-16/h5,7,14H,2,4,6,8-11H2,1,3H3/b13-12-,15-7-. The summed E-state index contributed by atoms with van der Waals surface area (Å²) in [5, 5.41) is 3.33. The zero-order valence-corrected chi connectivity index (χ0v) is 10.9. The molecule has 0 spiro atoms. The molecule has 0 bridgehead atoms. The lowest BCUT2D eigenvalue weighted by atomic mass is 10.3. The van der Waals surface area contributed by atoms with Crippen molar-refractivity contribution in [3.63, 3.8) is 0 Å². The van der Waals surface area contributed by atoms with Gasteiger partial charge < -0.3 is 15.0 Å². The summed E-state index contributed by atoms with van der Waals surface area (Å²) in [4.78, 5) is 6.77. The third-order valence-corrected chi connectivity index (χ3v) is 2.67. The van der Waals surface area contributed by atoms with Gasteiger partial charge in [-0.05, 0) is 12.5 Å². The summed E-state index contributed by atoms with van der Waals surface area (Å²) in [5.41, 5.74) is 0. The fraction of sp³-hybridized carbons (Fsp3) is 0.615. The number of hydrogen-bond acceptors (Lipinski definition) is 4. The van der Waals surface area contributed by atoms with Crippen molar-refractivity contribution in [2.75, 3.05) is 33.3 Å². The molecule has 1 fully saturated rings. The van der Waals surface area contributed by atoms with E-state index in [4.69, 9.17) is 4.74 Å². The van der Waals surface area contributed by atoms with E-state index in [-0.39, 0.29) is 0 Å². The SMILES string of the molecule is C=C/C(OC)=C(\N=C/CCC)N1CCNCC1. The van der Waals surface area contributed by atoms with Crippen LogP contribution in [-0.2, 0) is 4.74 Å². The minimum atomic E-state index is 0.749. The first-order chi connectivity index (χ1) is 8.33. The fourth-order valence-corrected chi connectivity index (χ4v) is 1.72. The van der Waals surface area contributed by atoms with Crippen molar-refractivity contribution in [2.24, 2.45) is 4.99 Å². The van der Waals surface area contributed by atoms with Gasteiger partial charge in [0, 0.05) is 32.4 Å². The number of unbranched alkanes of at least 4 members (excludes halogenated alkanes) is 1. The second-order valence-corrected chi connectivity index (χ2v) is 3.93. The van der Waals surface area contributed by atoms with Gasteiger partial charge in [-0.25, -0.2) is 4.99 Å². The van der Waals surface area contributed by atoms with E-state index in [0.29, 0.717) is 0 Å². The maximum atomic E-state index is 5.33. The van der Waals surface area contributed by atoms with E-state index in [2.05, 4.69) is 28.7 Å². The van der Waals surface area contributed by atoms with Gasteiger partial charge in [0.1, 0.15) is 0 Å². The van der Waals surface area contributed by atoms with Crippen LogP contribution in [0.4, 0.5) is 0 Å². The molecule has 1 rings (SSSR count).